The maximum absolute atomic E-state index is 5.66. The third kappa shape index (κ3) is 12.3. The Labute approximate surface area is 110 Å². The Balaban J connectivity index is 0. The number of alkyl halides is 2. The Morgan fingerprint density at radius 1 is 1.07 bits per heavy atom. The van der Waals surface area contributed by atoms with Gasteiger partial charge in [-0.1, -0.05) is 19.3 Å². The highest BCUT2D eigenvalue weighted by Crippen LogP contribution is 1.93. The molecule has 4 heteroatoms. The third-order valence-corrected chi connectivity index (χ3v) is 2.22. The molecule has 0 unspecified atom stereocenters. The van der Waals surface area contributed by atoms with Crippen molar-refractivity contribution in [1.82, 2.24) is 4.90 Å². The van der Waals surface area contributed by atoms with Crippen LogP contribution in [-0.2, 0) is 0 Å². The van der Waals surface area contributed by atoms with Crippen molar-refractivity contribution in [2.75, 3.05) is 31.4 Å². The van der Waals surface area contributed by atoms with E-state index in [1.54, 1.807) is 0 Å². The van der Waals surface area contributed by atoms with E-state index in [-0.39, 0.29) is 12.4 Å². The van der Waals surface area contributed by atoms with Crippen LogP contribution in [0, 0.1) is 11.8 Å². The number of hydrogen-bond acceptors (Lipinski definition) is 1. The van der Waals surface area contributed by atoms with Gasteiger partial charge in [-0.05, 0) is 6.42 Å². The van der Waals surface area contributed by atoms with Crippen LogP contribution in [0.2, 0.25) is 0 Å². The molecule has 0 saturated carbocycles. The molecule has 0 radical (unpaired) electrons. The molecule has 0 saturated heterocycles. The third-order valence-electron chi connectivity index (χ3n) is 1.88. The van der Waals surface area contributed by atoms with Gasteiger partial charge in [0.05, 0.1) is 6.54 Å². The average Bonchev–Trinajstić information content (AvgIpc) is 2.18. The molecule has 15 heavy (non-hydrogen) atoms. The summed E-state index contributed by atoms with van der Waals surface area (Å²) in [6.07, 6.45) is 3.41. The van der Waals surface area contributed by atoms with Gasteiger partial charge in [-0.2, -0.15) is 0 Å². The maximum Gasteiger partial charge on any atom is 0.0602 e. The number of nitrogens with zero attached hydrogens (tertiary/aromatic N) is 1. The van der Waals surface area contributed by atoms with Gasteiger partial charge in [0.2, 0.25) is 0 Å². The second kappa shape index (κ2) is 14.4. The fourth-order valence-corrected chi connectivity index (χ4v) is 1.51. The minimum atomic E-state index is 0. The van der Waals surface area contributed by atoms with Gasteiger partial charge in [-0.15, -0.1) is 41.5 Å². The van der Waals surface area contributed by atoms with Gasteiger partial charge >= 0.3 is 0 Å². The minimum absolute atomic E-state index is 0. The highest BCUT2D eigenvalue weighted by Gasteiger charge is 1.99. The minimum Gasteiger partial charge on any atom is -0.290 e. The lowest BCUT2D eigenvalue weighted by atomic mass is 10.2. The molecule has 0 aliphatic rings. The van der Waals surface area contributed by atoms with Gasteiger partial charge in [-0.3, -0.25) is 4.90 Å². The van der Waals surface area contributed by atoms with Crippen LogP contribution in [0.3, 0.4) is 0 Å². The van der Waals surface area contributed by atoms with Crippen molar-refractivity contribution in [3.63, 3.8) is 0 Å². The van der Waals surface area contributed by atoms with Crippen molar-refractivity contribution in [1.29, 1.82) is 0 Å². The molecule has 0 aromatic rings. The van der Waals surface area contributed by atoms with E-state index in [0.29, 0.717) is 11.8 Å². The van der Waals surface area contributed by atoms with Crippen LogP contribution in [0.15, 0.2) is 0 Å². The highest BCUT2D eigenvalue weighted by molar-refractivity contribution is 6.18. The first kappa shape index (κ1) is 17.8. The molecule has 1 nitrogen and oxygen atoms in total. The molecule has 0 heterocycles. The molecular weight excluding hydrogens is 252 g/mol. The van der Waals surface area contributed by atoms with Crippen molar-refractivity contribution in [3.05, 3.63) is 0 Å². The summed E-state index contributed by atoms with van der Waals surface area (Å²) in [7, 11) is 0. The lowest BCUT2D eigenvalue weighted by molar-refractivity contribution is 0.346. The zero-order valence-electron chi connectivity index (χ0n) is 9.27. The Morgan fingerprint density at radius 2 is 1.67 bits per heavy atom. The molecule has 0 aliphatic carbocycles. The normalized spacial score (nSPS) is 9.33. The Bertz CT molecular complexity index is 168. The summed E-state index contributed by atoms with van der Waals surface area (Å²) < 4.78 is 0. The summed E-state index contributed by atoms with van der Waals surface area (Å²) in [4.78, 5) is 2.18. The van der Waals surface area contributed by atoms with Crippen molar-refractivity contribution >= 4 is 35.6 Å². The molecule has 0 fully saturated rings. The fourth-order valence-electron chi connectivity index (χ4n) is 1.03. The predicted octanol–water partition coefficient (Wildman–Crippen LogP) is 3.38. The van der Waals surface area contributed by atoms with Gasteiger partial charge in [0, 0.05) is 31.3 Å². The second-order valence-electron chi connectivity index (χ2n) is 3.11. The molecular formula is C11H20Cl3N. The lowest BCUT2D eigenvalue weighted by Crippen LogP contribution is -2.28. The summed E-state index contributed by atoms with van der Waals surface area (Å²) >= 11 is 11.3. The number of halogens is 3. The molecule has 0 bridgehead atoms. The van der Waals surface area contributed by atoms with Crippen LogP contribution in [0.1, 0.15) is 26.2 Å². The maximum atomic E-state index is 5.66. The molecule has 0 atom stereocenters. The van der Waals surface area contributed by atoms with Crippen molar-refractivity contribution in [2.45, 2.75) is 26.2 Å². The van der Waals surface area contributed by atoms with E-state index < -0.39 is 0 Å². The molecule has 0 aromatic carbocycles. The molecule has 0 spiro atoms. The quantitative estimate of drug-likeness (QED) is 0.390. The smallest absolute Gasteiger partial charge is 0.0602 e. The van der Waals surface area contributed by atoms with Crippen LogP contribution < -0.4 is 0 Å². The molecule has 0 aliphatic heterocycles. The van der Waals surface area contributed by atoms with Crippen LogP contribution in [0.4, 0.5) is 0 Å². The molecule has 0 N–H and O–H groups in total. The van der Waals surface area contributed by atoms with Gasteiger partial charge in [0.15, 0.2) is 0 Å². The second-order valence-corrected chi connectivity index (χ2v) is 3.87. The van der Waals surface area contributed by atoms with Crippen molar-refractivity contribution < 1.29 is 0 Å². The lowest BCUT2D eigenvalue weighted by Gasteiger charge is -2.15. The highest BCUT2D eigenvalue weighted by atomic mass is 35.5. The molecule has 0 amide bonds. The van der Waals surface area contributed by atoms with E-state index in [1.165, 1.54) is 12.8 Å². The van der Waals surface area contributed by atoms with Crippen molar-refractivity contribution in [3.8, 4) is 11.8 Å². The van der Waals surface area contributed by atoms with Crippen LogP contribution in [0.25, 0.3) is 0 Å². The van der Waals surface area contributed by atoms with E-state index in [4.69, 9.17) is 23.2 Å². The summed E-state index contributed by atoms with van der Waals surface area (Å²) in [5, 5.41) is 0. The number of unbranched alkanes of at least 4 members (excludes halogenated alkanes) is 2. The molecule has 90 valence electrons. The summed E-state index contributed by atoms with van der Waals surface area (Å²) in [6.45, 7) is 4.71. The zero-order chi connectivity index (χ0) is 10.6. The van der Waals surface area contributed by atoms with Gasteiger partial charge < -0.3 is 0 Å². The summed E-state index contributed by atoms with van der Waals surface area (Å²) in [5.74, 6) is 7.60. The zero-order valence-corrected chi connectivity index (χ0v) is 11.6. The topological polar surface area (TPSA) is 3.24 Å². The standard InChI is InChI=1S/C11H19Cl2N.ClH/c1-2-3-4-5-6-9-14(10-7-12)11-8-13;/h2-4,7-11H2,1H3;1H. The first-order valence-corrected chi connectivity index (χ1v) is 6.22. The van der Waals surface area contributed by atoms with Crippen LogP contribution in [0.5, 0.6) is 0 Å². The molecule has 0 rings (SSSR count). The first-order chi connectivity index (χ1) is 6.85. The van der Waals surface area contributed by atoms with Crippen LogP contribution >= 0.6 is 35.6 Å². The van der Waals surface area contributed by atoms with E-state index in [2.05, 4.69) is 23.7 Å². The van der Waals surface area contributed by atoms with Gasteiger partial charge in [0.1, 0.15) is 0 Å². The number of hydrogen-bond donors (Lipinski definition) is 0. The van der Waals surface area contributed by atoms with E-state index in [9.17, 15) is 0 Å². The largest absolute Gasteiger partial charge is 0.290 e. The summed E-state index contributed by atoms with van der Waals surface area (Å²) in [6, 6.07) is 0. The first-order valence-electron chi connectivity index (χ1n) is 5.15. The van der Waals surface area contributed by atoms with Gasteiger partial charge in [-0.25, -0.2) is 0 Å². The van der Waals surface area contributed by atoms with E-state index in [1.807, 2.05) is 0 Å². The number of rotatable bonds is 7. The van der Waals surface area contributed by atoms with Gasteiger partial charge in [0.25, 0.3) is 0 Å². The predicted molar refractivity (Wildman–Crippen MR) is 72.4 cm³/mol. The summed E-state index contributed by atoms with van der Waals surface area (Å²) in [5.41, 5.74) is 0. The Kier molecular flexibility index (Phi) is 17.1. The van der Waals surface area contributed by atoms with Crippen LogP contribution in [-0.4, -0.2) is 36.3 Å². The average molecular weight is 273 g/mol. The Hall–Kier alpha value is 0.390. The fraction of sp³-hybridized carbons (Fsp3) is 0.818. The SMILES string of the molecule is CCCCC#CCN(CCCl)CCCl.Cl. The molecule has 0 aromatic heterocycles. The van der Waals surface area contributed by atoms with Crippen molar-refractivity contribution in [2.24, 2.45) is 0 Å². The monoisotopic (exact) mass is 271 g/mol. The Morgan fingerprint density at radius 3 is 2.13 bits per heavy atom. The van der Waals surface area contributed by atoms with E-state index in [0.717, 1.165) is 26.1 Å². The van der Waals surface area contributed by atoms with E-state index >= 15 is 0 Å².